The van der Waals surface area contributed by atoms with Crippen molar-refractivity contribution in [3.05, 3.63) is 23.8 Å². The van der Waals surface area contributed by atoms with Gasteiger partial charge in [0.15, 0.2) is 0 Å². The van der Waals surface area contributed by atoms with E-state index in [0.29, 0.717) is 5.88 Å². The molecule has 0 rings (SSSR count). The van der Waals surface area contributed by atoms with Crippen molar-refractivity contribution in [3.8, 4) is 0 Å². The molecular weight excluding hydrogens is 156 g/mol. The van der Waals surface area contributed by atoms with E-state index in [2.05, 4.69) is 26.5 Å². The number of hydrogen-bond donors (Lipinski definition) is 0. The quantitative estimate of drug-likeness (QED) is 0.436. The predicted octanol–water partition coefficient (Wildman–Crippen LogP) is 3.92. The fourth-order valence-electron chi connectivity index (χ4n) is 0.824. The highest BCUT2D eigenvalue weighted by Crippen LogP contribution is 2.09. The molecule has 0 aromatic carbocycles. The van der Waals surface area contributed by atoms with Crippen molar-refractivity contribution in [2.24, 2.45) is 0 Å². The van der Waals surface area contributed by atoms with Crippen molar-refractivity contribution in [3.63, 3.8) is 0 Å². The summed E-state index contributed by atoms with van der Waals surface area (Å²) >= 11 is 5.56. The standard InChI is InChI=1S/C10H17Cl/c1-9(2)5-4-6-10(3)7-8-11/h5H,3-4,6-8H2,1-2H3. The lowest BCUT2D eigenvalue weighted by Gasteiger charge is -1.99. The van der Waals surface area contributed by atoms with Crippen LogP contribution in [-0.2, 0) is 0 Å². The number of alkyl halides is 1. The molecule has 0 unspecified atom stereocenters. The monoisotopic (exact) mass is 172 g/mol. The first-order valence-corrected chi connectivity index (χ1v) is 4.56. The maximum absolute atomic E-state index is 5.56. The molecule has 0 radical (unpaired) electrons. The molecule has 0 amide bonds. The molecule has 0 aromatic heterocycles. The molecule has 0 aliphatic rings. The van der Waals surface area contributed by atoms with E-state index in [9.17, 15) is 0 Å². The number of halogens is 1. The predicted molar refractivity (Wildman–Crippen MR) is 53.1 cm³/mol. The first-order chi connectivity index (χ1) is 5.16. The zero-order valence-corrected chi connectivity index (χ0v) is 8.25. The van der Waals surface area contributed by atoms with Crippen LogP contribution in [0.2, 0.25) is 0 Å². The lowest BCUT2D eigenvalue weighted by atomic mass is 10.1. The van der Waals surface area contributed by atoms with Gasteiger partial charge in [-0.05, 0) is 33.1 Å². The Morgan fingerprint density at radius 3 is 2.45 bits per heavy atom. The Hall–Kier alpha value is -0.230. The van der Waals surface area contributed by atoms with Gasteiger partial charge in [0.1, 0.15) is 0 Å². The van der Waals surface area contributed by atoms with Crippen molar-refractivity contribution < 1.29 is 0 Å². The third-order valence-corrected chi connectivity index (χ3v) is 1.69. The normalized spacial score (nSPS) is 9.36. The lowest BCUT2D eigenvalue weighted by molar-refractivity contribution is 0.912. The zero-order valence-electron chi connectivity index (χ0n) is 7.49. The molecule has 64 valence electrons. The van der Waals surface area contributed by atoms with E-state index < -0.39 is 0 Å². The summed E-state index contributed by atoms with van der Waals surface area (Å²) in [5.41, 5.74) is 2.64. The van der Waals surface area contributed by atoms with Crippen LogP contribution in [0.4, 0.5) is 0 Å². The topological polar surface area (TPSA) is 0 Å². The van der Waals surface area contributed by atoms with E-state index in [-0.39, 0.29) is 0 Å². The molecule has 0 aliphatic carbocycles. The Morgan fingerprint density at radius 2 is 2.00 bits per heavy atom. The van der Waals surface area contributed by atoms with Gasteiger partial charge in [-0.2, -0.15) is 0 Å². The van der Waals surface area contributed by atoms with Crippen LogP contribution in [0.25, 0.3) is 0 Å². The Kier molecular flexibility index (Phi) is 6.34. The minimum Gasteiger partial charge on any atom is -0.126 e. The lowest BCUT2D eigenvalue weighted by Crippen LogP contribution is -1.82. The molecule has 11 heavy (non-hydrogen) atoms. The van der Waals surface area contributed by atoms with Crippen LogP contribution in [0.3, 0.4) is 0 Å². The van der Waals surface area contributed by atoms with Crippen molar-refractivity contribution in [2.75, 3.05) is 5.88 Å². The van der Waals surface area contributed by atoms with Gasteiger partial charge in [-0.25, -0.2) is 0 Å². The van der Waals surface area contributed by atoms with Crippen molar-refractivity contribution >= 4 is 11.6 Å². The van der Waals surface area contributed by atoms with Crippen LogP contribution >= 0.6 is 11.6 Å². The third-order valence-electron chi connectivity index (χ3n) is 1.50. The van der Waals surface area contributed by atoms with Gasteiger partial charge in [-0.1, -0.05) is 23.8 Å². The van der Waals surface area contributed by atoms with Gasteiger partial charge in [0.05, 0.1) is 0 Å². The van der Waals surface area contributed by atoms with Crippen LogP contribution < -0.4 is 0 Å². The van der Waals surface area contributed by atoms with Crippen LogP contribution in [0.15, 0.2) is 23.8 Å². The first kappa shape index (κ1) is 10.8. The molecular formula is C10H17Cl. The van der Waals surface area contributed by atoms with Gasteiger partial charge < -0.3 is 0 Å². The average Bonchev–Trinajstić information content (AvgIpc) is 1.87. The van der Waals surface area contributed by atoms with Crippen molar-refractivity contribution in [2.45, 2.75) is 33.1 Å². The van der Waals surface area contributed by atoms with Crippen LogP contribution in [0, 0.1) is 0 Å². The zero-order chi connectivity index (χ0) is 8.69. The van der Waals surface area contributed by atoms with E-state index >= 15 is 0 Å². The van der Waals surface area contributed by atoms with Crippen molar-refractivity contribution in [1.82, 2.24) is 0 Å². The summed E-state index contributed by atoms with van der Waals surface area (Å²) in [6.45, 7) is 8.16. The summed E-state index contributed by atoms with van der Waals surface area (Å²) in [5, 5.41) is 0. The fourth-order valence-corrected chi connectivity index (χ4v) is 1.09. The third kappa shape index (κ3) is 7.67. The molecule has 0 aromatic rings. The smallest absolute Gasteiger partial charge is 0.0260 e. The summed E-state index contributed by atoms with van der Waals surface area (Å²) in [5.74, 6) is 0.702. The summed E-state index contributed by atoms with van der Waals surface area (Å²) in [7, 11) is 0. The van der Waals surface area contributed by atoms with Crippen molar-refractivity contribution in [1.29, 1.82) is 0 Å². The van der Waals surface area contributed by atoms with Gasteiger partial charge in [-0.3, -0.25) is 0 Å². The van der Waals surface area contributed by atoms with Gasteiger partial charge in [-0.15, -0.1) is 11.6 Å². The van der Waals surface area contributed by atoms with E-state index in [4.69, 9.17) is 11.6 Å². The van der Waals surface area contributed by atoms with Gasteiger partial charge >= 0.3 is 0 Å². The van der Waals surface area contributed by atoms with Crippen LogP contribution in [0.1, 0.15) is 33.1 Å². The molecule has 0 bridgehead atoms. The molecule has 0 nitrogen and oxygen atoms in total. The van der Waals surface area contributed by atoms with Crippen LogP contribution in [-0.4, -0.2) is 5.88 Å². The molecule has 0 fully saturated rings. The average molecular weight is 173 g/mol. The molecule has 0 heterocycles. The largest absolute Gasteiger partial charge is 0.126 e. The highest BCUT2D eigenvalue weighted by Gasteiger charge is 1.91. The number of allylic oxidation sites excluding steroid dienone is 3. The van der Waals surface area contributed by atoms with Crippen LogP contribution in [0.5, 0.6) is 0 Å². The Morgan fingerprint density at radius 1 is 1.36 bits per heavy atom. The highest BCUT2D eigenvalue weighted by molar-refractivity contribution is 6.17. The minimum atomic E-state index is 0.702. The Bertz CT molecular complexity index is 141. The second-order valence-corrected chi connectivity index (χ2v) is 3.39. The molecule has 0 saturated carbocycles. The highest BCUT2D eigenvalue weighted by atomic mass is 35.5. The second kappa shape index (κ2) is 6.48. The van der Waals surface area contributed by atoms with Gasteiger partial charge in [0.25, 0.3) is 0 Å². The summed E-state index contributed by atoms with van der Waals surface area (Å²) < 4.78 is 0. The maximum Gasteiger partial charge on any atom is 0.0260 e. The SMILES string of the molecule is C=C(CCCl)CCC=C(C)C. The van der Waals surface area contributed by atoms with E-state index in [1.165, 1.54) is 11.1 Å². The maximum atomic E-state index is 5.56. The number of hydrogen-bond acceptors (Lipinski definition) is 0. The van der Waals surface area contributed by atoms with E-state index in [0.717, 1.165) is 19.3 Å². The molecule has 0 saturated heterocycles. The molecule has 1 heteroatoms. The second-order valence-electron chi connectivity index (χ2n) is 3.01. The van der Waals surface area contributed by atoms with Gasteiger partial charge in [0, 0.05) is 5.88 Å². The number of rotatable bonds is 5. The molecule has 0 aliphatic heterocycles. The molecule has 0 atom stereocenters. The van der Waals surface area contributed by atoms with E-state index in [1.807, 2.05) is 0 Å². The molecule has 0 spiro atoms. The Balaban J connectivity index is 3.39. The van der Waals surface area contributed by atoms with Gasteiger partial charge in [0.2, 0.25) is 0 Å². The minimum absolute atomic E-state index is 0.702. The summed E-state index contributed by atoms with van der Waals surface area (Å²) in [6, 6.07) is 0. The first-order valence-electron chi connectivity index (χ1n) is 4.02. The summed E-state index contributed by atoms with van der Waals surface area (Å²) in [4.78, 5) is 0. The summed E-state index contributed by atoms with van der Waals surface area (Å²) in [6.07, 6.45) is 5.38. The fraction of sp³-hybridized carbons (Fsp3) is 0.600. The molecule has 0 N–H and O–H groups in total. The Labute approximate surface area is 74.9 Å². The van der Waals surface area contributed by atoms with E-state index in [1.54, 1.807) is 0 Å².